The Morgan fingerprint density at radius 3 is 2.72 bits per heavy atom. The van der Waals surface area contributed by atoms with Gasteiger partial charge in [0.1, 0.15) is 5.75 Å². The van der Waals surface area contributed by atoms with E-state index in [0.717, 1.165) is 17.7 Å². The lowest BCUT2D eigenvalue weighted by Crippen LogP contribution is -2.24. The first-order valence-corrected chi connectivity index (χ1v) is 5.38. The van der Waals surface area contributed by atoms with E-state index < -0.39 is 11.9 Å². The van der Waals surface area contributed by atoms with Crippen LogP contribution < -0.4 is 10.1 Å². The molecule has 0 aliphatic heterocycles. The molecule has 1 aromatic rings. The largest absolute Gasteiger partial charge is 0.497 e. The van der Waals surface area contributed by atoms with E-state index in [1.807, 2.05) is 24.3 Å². The van der Waals surface area contributed by atoms with Gasteiger partial charge in [-0.1, -0.05) is 12.1 Å². The van der Waals surface area contributed by atoms with Crippen LogP contribution in [0.25, 0.3) is 0 Å². The highest BCUT2D eigenvalue weighted by Crippen LogP contribution is 2.18. The fraction of sp³-hybridized carbons (Fsp3) is 0.231. The number of carboxylic acid groups (broad SMARTS) is 1. The second-order valence-corrected chi connectivity index (χ2v) is 3.68. The van der Waals surface area contributed by atoms with Crippen LogP contribution in [0.2, 0.25) is 0 Å². The number of ether oxygens (including phenoxy) is 1. The smallest absolute Gasteiger partial charge is 0.328 e. The molecule has 1 rings (SSSR count). The Morgan fingerprint density at radius 2 is 2.11 bits per heavy atom. The van der Waals surface area contributed by atoms with Gasteiger partial charge in [0.25, 0.3) is 0 Å². The Hall–Kier alpha value is -2.30. The first kappa shape index (κ1) is 13.8. The van der Waals surface area contributed by atoms with Crippen LogP contribution in [0.5, 0.6) is 5.75 Å². The Kier molecular flexibility index (Phi) is 4.92. The van der Waals surface area contributed by atoms with E-state index in [0.29, 0.717) is 5.75 Å². The molecule has 0 fully saturated rings. The summed E-state index contributed by atoms with van der Waals surface area (Å²) in [5, 5.41) is 11.1. The molecule has 0 bridgehead atoms. The highest BCUT2D eigenvalue weighted by atomic mass is 16.5. The average Bonchev–Trinajstić information content (AvgIpc) is 2.36. The molecule has 0 spiro atoms. The lowest BCUT2D eigenvalue weighted by atomic mass is 10.1. The maximum atomic E-state index is 11.4. The van der Waals surface area contributed by atoms with E-state index in [2.05, 4.69) is 5.32 Å². The molecule has 96 valence electrons. The Morgan fingerprint density at radius 1 is 1.39 bits per heavy atom. The second-order valence-electron chi connectivity index (χ2n) is 3.68. The van der Waals surface area contributed by atoms with Crippen molar-refractivity contribution in [2.75, 3.05) is 7.11 Å². The van der Waals surface area contributed by atoms with Crippen LogP contribution >= 0.6 is 0 Å². The van der Waals surface area contributed by atoms with Gasteiger partial charge in [0, 0.05) is 12.2 Å². The monoisotopic (exact) mass is 249 g/mol. The number of hydrogen-bond acceptors (Lipinski definition) is 3. The second kappa shape index (κ2) is 6.44. The van der Waals surface area contributed by atoms with Gasteiger partial charge in [-0.25, -0.2) is 4.79 Å². The van der Waals surface area contributed by atoms with Crippen LogP contribution in [0.3, 0.4) is 0 Å². The number of carbonyl (C=O) groups is 2. The van der Waals surface area contributed by atoms with Gasteiger partial charge in [-0.3, -0.25) is 4.79 Å². The Bertz CT molecular complexity index is 468. The number of benzene rings is 1. The topological polar surface area (TPSA) is 75.6 Å². The average molecular weight is 249 g/mol. The number of aliphatic carboxylic acids is 1. The molecule has 0 saturated carbocycles. The lowest BCUT2D eigenvalue weighted by Gasteiger charge is -2.13. The van der Waals surface area contributed by atoms with Crippen molar-refractivity contribution in [3.63, 3.8) is 0 Å². The summed E-state index contributed by atoms with van der Waals surface area (Å²) >= 11 is 0. The Balaban J connectivity index is 2.67. The number of carbonyl (C=O) groups excluding carboxylic acids is 1. The van der Waals surface area contributed by atoms with E-state index in [1.54, 1.807) is 14.0 Å². The molecule has 0 aliphatic rings. The van der Waals surface area contributed by atoms with E-state index in [9.17, 15) is 9.59 Å². The molecule has 1 amide bonds. The molecule has 5 nitrogen and oxygen atoms in total. The van der Waals surface area contributed by atoms with Crippen LogP contribution in [-0.4, -0.2) is 24.1 Å². The summed E-state index contributed by atoms with van der Waals surface area (Å²) < 4.78 is 5.08. The first-order valence-electron chi connectivity index (χ1n) is 5.38. The molecule has 18 heavy (non-hydrogen) atoms. The van der Waals surface area contributed by atoms with Crippen molar-refractivity contribution < 1.29 is 19.4 Å². The fourth-order valence-electron chi connectivity index (χ4n) is 1.40. The summed E-state index contributed by atoms with van der Waals surface area (Å²) in [6, 6.07) is 7.07. The molecule has 1 atom stereocenters. The van der Waals surface area contributed by atoms with Crippen LogP contribution in [-0.2, 0) is 9.59 Å². The molecular weight excluding hydrogens is 234 g/mol. The maximum absolute atomic E-state index is 11.4. The molecule has 2 N–H and O–H groups in total. The normalized spacial score (nSPS) is 12.1. The predicted molar refractivity (Wildman–Crippen MR) is 66.3 cm³/mol. The third-order valence-electron chi connectivity index (χ3n) is 2.33. The van der Waals surface area contributed by atoms with E-state index in [4.69, 9.17) is 9.84 Å². The van der Waals surface area contributed by atoms with Crippen molar-refractivity contribution in [1.82, 2.24) is 5.32 Å². The first-order chi connectivity index (χ1) is 8.52. The Labute approximate surface area is 105 Å². The summed E-state index contributed by atoms with van der Waals surface area (Å²) in [6.07, 6.45) is 1.78. The quantitative estimate of drug-likeness (QED) is 0.776. The number of amides is 1. The standard InChI is InChI=1S/C13H15NO4/c1-9(14-12(15)6-7-13(16)17)10-4-3-5-11(8-10)18-2/h3-9H,1-2H3,(H,14,15)(H,16,17)/b7-6+/t9-/m0/s1. The van der Waals surface area contributed by atoms with Gasteiger partial charge in [0.05, 0.1) is 13.2 Å². The van der Waals surface area contributed by atoms with Crippen LogP contribution in [0.15, 0.2) is 36.4 Å². The molecule has 0 saturated heterocycles. The van der Waals surface area contributed by atoms with Crippen molar-refractivity contribution in [1.29, 1.82) is 0 Å². The third-order valence-corrected chi connectivity index (χ3v) is 2.33. The minimum atomic E-state index is -1.15. The zero-order valence-electron chi connectivity index (χ0n) is 10.2. The molecule has 0 heterocycles. The molecule has 5 heteroatoms. The number of carboxylic acids is 1. The van der Waals surface area contributed by atoms with Crippen molar-refractivity contribution >= 4 is 11.9 Å². The van der Waals surface area contributed by atoms with Gasteiger partial charge in [0.15, 0.2) is 0 Å². The zero-order chi connectivity index (χ0) is 13.5. The summed E-state index contributed by atoms with van der Waals surface area (Å²) in [5.41, 5.74) is 0.881. The summed E-state index contributed by atoms with van der Waals surface area (Å²) in [7, 11) is 1.57. The van der Waals surface area contributed by atoms with Crippen molar-refractivity contribution in [3.05, 3.63) is 42.0 Å². The SMILES string of the molecule is COc1cccc([C@H](C)NC(=O)/C=C/C(=O)O)c1. The van der Waals surface area contributed by atoms with Crippen molar-refractivity contribution in [2.24, 2.45) is 0 Å². The van der Waals surface area contributed by atoms with E-state index in [-0.39, 0.29) is 6.04 Å². The highest BCUT2D eigenvalue weighted by Gasteiger charge is 2.08. The predicted octanol–water partition coefficient (Wildman–Crippen LogP) is 1.51. The number of hydrogen-bond donors (Lipinski definition) is 2. The molecule has 0 radical (unpaired) electrons. The van der Waals surface area contributed by atoms with Gasteiger partial charge in [-0.2, -0.15) is 0 Å². The number of methoxy groups -OCH3 is 1. The highest BCUT2D eigenvalue weighted by molar-refractivity contribution is 5.94. The molecule has 0 aromatic heterocycles. The van der Waals surface area contributed by atoms with E-state index >= 15 is 0 Å². The van der Waals surface area contributed by atoms with Gasteiger partial charge >= 0.3 is 5.97 Å². The molecular formula is C13H15NO4. The number of nitrogens with one attached hydrogen (secondary N) is 1. The zero-order valence-corrected chi connectivity index (χ0v) is 10.2. The van der Waals surface area contributed by atoms with Gasteiger partial charge in [-0.15, -0.1) is 0 Å². The summed E-state index contributed by atoms with van der Waals surface area (Å²) in [6.45, 7) is 1.81. The van der Waals surface area contributed by atoms with Gasteiger partial charge in [-0.05, 0) is 24.6 Å². The summed E-state index contributed by atoms with van der Waals surface area (Å²) in [4.78, 5) is 21.7. The van der Waals surface area contributed by atoms with Gasteiger partial charge < -0.3 is 15.2 Å². The van der Waals surface area contributed by atoms with Crippen molar-refractivity contribution in [3.8, 4) is 5.75 Å². The lowest BCUT2D eigenvalue weighted by molar-refractivity contribution is -0.131. The third kappa shape index (κ3) is 4.29. The van der Waals surface area contributed by atoms with Gasteiger partial charge in [0.2, 0.25) is 5.91 Å². The minimum absolute atomic E-state index is 0.231. The van der Waals surface area contributed by atoms with Crippen molar-refractivity contribution in [2.45, 2.75) is 13.0 Å². The number of rotatable bonds is 5. The van der Waals surface area contributed by atoms with Crippen LogP contribution in [0.1, 0.15) is 18.5 Å². The fourth-order valence-corrected chi connectivity index (χ4v) is 1.40. The van der Waals surface area contributed by atoms with E-state index in [1.165, 1.54) is 0 Å². The minimum Gasteiger partial charge on any atom is -0.497 e. The molecule has 0 aliphatic carbocycles. The summed E-state index contributed by atoms with van der Waals surface area (Å²) in [5.74, 6) is -0.901. The van der Waals surface area contributed by atoms with Crippen LogP contribution in [0.4, 0.5) is 0 Å². The molecule has 1 aromatic carbocycles. The van der Waals surface area contributed by atoms with Crippen LogP contribution in [0, 0.1) is 0 Å². The maximum Gasteiger partial charge on any atom is 0.328 e. The molecule has 0 unspecified atom stereocenters.